The lowest BCUT2D eigenvalue weighted by Crippen LogP contribution is -2.23. The molecule has 3 rings (SSSR count). The summed E-state index contributed by atoms with van der Waals surface area (Å²) >= 11 is 8.64. The number of benzene rings is 1. The van der Waals surface area contributed by atoms with E-state index in [1.165, 1.54) is 15.5 Å². The normalized spacial score (nSPS) is 21.2. The minimum atomic E-state index is -0.0791. The second-order valence-corrected chi connectivity index (χ2v) is 7.31. The van der Waals surface area contributed by atoms with Crippen molar-refractivity contribution >= 4 is 45.2 Å². The van der Waals surface area contributed by atoms with Crippen molar-refractivity contribution in [2.24, 2.45) is 5.92 Å². The quantitative estimate of drug-likeness (QED) is 0.561. The fraction of sp³-hybridized carbons (Fsp3) is 0.533. The average molecular weight is 405 g/mol. The number of nitrogens with zero attached hydrogens (tertiary/aromatic N) is 2. The van der Waals surface area contributed by atoms with Crippen LogP contribution in [0.3, 0.4) is 0 Å². The molecule has 1 saturated heterocycles. The highest BCUT2D eigenvalue weighted by atomic mass is 127. The van der Waals surface area contributed by atoms with Crippen LogP contribution in [0.1, 0.15) is 31.0 Å². The zero-order valence-corrected chi connectivity index (χ0v) is 14.4. The van der Waals surface area contributed by atoms with E-state index in [0.717, 1.165) is 37.5 Å². The number of hydrogen-bond donors (Lipinski definition) is 0. The maximum atomic E-state index is 6.32. The zero-order valence-electron chi connectivity index (χ0n) is 11.5. The van der Waals surface area contributed by atoms with Crippen molar-refractivity contribution in [2.45, 2.75) is 31.7 Å². The van der Waals surface area contributed by atoms with Crippen LogP contribution >= 0.6 is 34.2 Å². The van der Waals surface area contributed by atoms with Gasteiger partial charge < -0.3 is 9.30 Å². The molecule has 0 radical (unpaired) electrons. The maximum absolute atomic E-state index is 6.32. The number of imidazole rings is 1. The molecular weight excluding hydrogens is 387 g/mol. The van der Waals surface area contributed by atoms with E-state index in [1.807, 2.05) is 6.92 Å². The molecule has 3 nitrogen and oxygen atoms in total. The van der Waals surface area contributed by atoms with Crippen LogP contribution in [0.15, 0.2) is 18.2 Å². The van der Waals surface area contributed by atoms with Gasteiger partial charge in [-0.05, 0) is 60.6 Å². The zero-order chi connectivity index (χ0) is 14.1. The largest absolute Gasteiger partial charge is 0.381 e. The van der Waals surface area contributed by atoms with Crippen LogP contribution in [0.4, 0.5) is 0 Å². The Kier molecular flexibility index (Phi) is 4.52. The van der Waals surface area contributed by atoms with Gasteiger partial charge in [0, 0.05) is 22.6 Å². The lowest BCUT2D eigenvalue weighted by Gasteiger charge is -2.23. The van der Waals surface area contributed by atoms with Gasteiger partial charge in [-0.15, -0.1) is 11.6 Å². The van der Waals surface area contributed by atoms with Crippen LogP contribution in [-0.2, 0) is 11.3 Å². The van der Waals surface area contributed by atoms with Crippen molar-refractivity contribution in [1.29, 1.82) is 0 Å². The molecule has 0 saturated carbocycles. The Morgan fingerprint density at radius 1 is 1.55 bits per heavy atom. The Morgan fingerprint density at radius 2 is 2.40 bits per heavy atom. The van der Waals surface area contributed by atoms with Crippen LogP contribution in [-0.4, -0.2) is 22.8 Å². The van der Waals surface area contributed by atoms with E-state index in [2.05, 4.69) is 45.4 Å². The number of alkyl halides is 1. The molecule has 1 aromatic heterocycles. The van der Waals surface area contributed by atoms with Crippen LogP contribution in [0.2, 0.25) is 0 Å². The first kappa shape index (κ1) is 14.6. The maximum Gasteiger partial charge on any atom is 0.127 e. The number of rotatable bonds is 3. The molecule has 20 heavy (non-hydrogen) atoms. The predicted molar refractivity (Wildman–Crippen MR) is 90.3 cm³/mol. The number of halogens is 2. The van der Waals surface area contributed by atoms with Crippen LogP contribution < -0.4 is 0 Å². The van der Waals surface area contributed by atoms with Gasteiger partial charge in [0.15, 0.2) is 0 Å². The summed E-state index contributed by atoms with van der Waals surface area (Å²) in [7, 11) is 0. The van der Waals surface area contributed by atoms with Gasteiger partial charge in [0.05, 0.1) is 23.0 Å². The molecule has 0 N–H and O–H groups in total. The Labute approximate surface area is 137 Å². The molecule has 2 unspecified atom stereocenters. The standard InChI is InChI=1S/C15H18ClIN2O/c1-10(16)15-18-13-7-12(17)4-5-14(13)19(15)8-11-3-2-6-20-9-11/h4-5,7,10-11H,2-3,6,8-9H2,1H3. The lowest BCUT2D eigenvalue weighted by molar-refractivity contribution is 0.0485. The first-order chi connectivity index (χ1) is 9.65. The molecular formula is C15H18ClIN2O. The monoisotopic (exact) mass is 404 g/mol. The highest BCUT2D eigenvalue weighted by Crippen LogP contribution is 2.28. The summed E-state index contributed by atoms with van der Waals surface area (Å²) in [5, 5.41) is -0.0791. The van der Waals surface area contributed by atoms with E-state index in [-0.39, 0.29) is 5.38 Å². The molecule has 2 heterocycles. The van der Waals surface area contributed by atoms with E-state index in [1.54, 1.807) is 0 Å². The highest BCUT2D eigenvalue weighted by molar-refractivity contribution is 14.1. The van der Waals surface area contributed by atoms with Crippen molar-refractivity contribution in [3.05, 3.63) is 27.6 Å². The number of aromatic nitrogens is 2. The fourth-order valence-electron chi connectivity index (χ4n) is 2.83. The van der Waals surface area contributed by atoms with E-state index in [0.29, 0.717) is 5.92 Å². The molecule has 1 aromatic carbocycles. The molecule has 1 fully saturated rings. The molecule has 0 aliphatic carbocycles. The Bertz CT molecular complexity index is 605. The summed E-state index contributed by atoms with van der Waals surface area (Å²) in [4.78, 5) is 4.72. The molecule has 1 aliphatic heterocycles. The summed E-state index contributed by atoms with van der Waals surface area (Å²) < 4.78 is 9.08. The van der Waals surface area contributed by atoms with Crippen LogP contribution in [0.25, 0.3) is 11.0 Å². The van der Waals surface area contributed by atoms with Crippen LogP contribution in [0, 0.1) is 9.49 Å². The van der Waals surface area contributed by atoms with Crippen molar-refractivity contribution in [3.8, 4) is 0 Å². The van der Waals surface area contributed by atoms with Crippen molar-refractivity contribution in [2.75, 3.05) is 13.2 Å². The summed E-state index contributed by atoms with van der Waals surface area (Å²) in [6.45, 7) is 4.68. The molecule has 0 amide bonds. The molecule has 0 bridgehead atoms. The van der Waals surface area contributed by atoms with Crippen LogP contribution in [0.5, 0.6) is 0 Å². The molecule has 108 valence electrons. The minimum absolute atomic E-state index is 0.0791. The Hall–Kier alpha value is -0.330. The summed E-state index contributed by atoms with van der Waals surface area (Å²) in [5.41, 5.74) is 2.22. The fourth-order valence-corrected chi connectivity index (χ4v) is 3.47. The molecule has 5 heteroatoms. The summed E-state index contributed by atoms with van der Waals surface area (Å²) in [6, 6.07) is 6.39. The molecule has 2 aromatic rings. The first-order valence-corrected chi connectivity index (χ1v) is 8.54. The third kappa shape index (κ3) is 2.97. The smallest absolute Gasteiger partial charge is 0.127 e. The number of hydrogen-bond acceptors (Lipinski definition) is 2. The molecule has 1 aliphatic rings. The van der Waals surface area contributed by atoms with E-state index >= 15 is 0 Å². The Morgan fingerprint density at radius 3 is 3.10 bits per heavy atom. The summed E-state index contributed by atoms with van der Waals surface area (Å²) in [6.07, 6.45) is 2.38. The van der Waals surface area contributed by atoms with Gasteiger partial charge in [-0.3, -0.25) is 0 Å². The number of fused-ring (bicyclic) bond motifs is 1. The van der Waals surface area contributed by atoms with Gasteiger partial charge in [0.1, 0.15) is 5.82 Å². The van der Waals surface area contributed by atoms with Gasteiger partial charge >= 0.3 is 0 Å². The third-order valence-corrected chi connectivity index (χ3v) is 4.66. The van der Waals surface area contributed by atoms with Gasteiger partial charge in [-0.1, -0.05) is 0 Å². The van der Waals surface area contributed by atoms with Crippen molar-refractivity contribution in [3.63, 3.8) is 0 Å². The summed E-state index contributed by atoms with van der Waals surface area (Å²) in [5.74, 6) is 1.53. The molecule has 0 spiro atoms. The van der Waals surface area contributed by atoms with Crippen molar-refractivity contribution < 1.29 is 4.74 Å². The lowest BCUT2D eigenvalue weighted by atomic mass is 10.0. The second kappa shape index (κ2) is 6.20. The van der Waals surface area contributed by atoms with Gasteiger partial charge in [0.25, 0.3) is 0 Å². The van der Waals surface area contributed by atoms with Gasteiger partial charge in [-0.25, -0.2) is 4.98 Å². The van der Waals surface area contributed by atoms with Gasteiger partial charge in [0.2, 0.25) is 0 Å². The topological polar surface area (TPSA) is 27.1 Å². The van der Waals surface area contributed by atoms with Crippen molar-refractivity contribution in [1.82, 2.24) is 9.55 Å². The van der Waals surface area contributed by atoms with Gasteiger partial charge in [-0.2, -0.15) is 0 Å². The second-order valence-electron chi connectivity index (χ2n) is 5.41. The Balaban J connectivity index is 1.99. The van der Waals surface area contributed by atoms with E-state index in [9.17, 15) is 0 Å². The number of ether oxygens (including phenoxy) is 1. The average Bonchev–Trinajstić information content (AvgIpc) is 2.78. The van der Waals surface area contributed by atoms with E-state index in [4.69, 9.17) is 21.3 Å². The minimum Gasteiger partial charge on any atom is -0.381 e. The van der Waals surface area contributed by atoms with E-state index < -0.39 is 0 Å². The first-order valence-electron chi connectivity index (χ1n) is 7.02. The third-order valence-electron chi connectivity index (χ3n) is 3.79. The SMILES string of the molecule is CC(Cl)c1nc2cc(I)ccc2n1CC1CCCOC1. The molecule has 2 atom stereocenters. The predicted octanol–water partition coefficient (Wildman–Crippen LogP) is 4.37. The highest BCUT2D eigenvalue weighted by Gasteiger charge is 2.20.